The summed E-state index contributed by atoms with van der Waals surface area (Å²) in [7, 11) is 0. The predicted octanol–water partition coefficient (Wildman–Crippen LogP) is 9.79. The van der Waals surface area contributed by atoms with Gasteiger partial charge in [0, 0.05) is 10.0 Å². The second kappa shape index (κ2) is 7.67. The Hall–Kier alpha value is -3.32. The zero-order valence-corrected chi connectivity index (χ0v) is 18.7. The summed E-state index contributed by atoms with van der Waals surface area (Å²) in [5, 5.41) is 8.96. The van der Waals surface area contributed by atoms with Gasteiger partial charge in [0.2, 0.25) is 0 Å². The third-order valence-electron chi connectivity index (χ3n) is 6.19. The van der Waals surface area contributed by atoms with Gasteiger partial charge in [-0.1, -0.05) is 96.0 Å². The van der Waals surface area contributed by atoms with Gasteiger partial charge in [-0.25, -0.2) is 0 Å². The fraction of sp³-hybridized carbons (Fsp3) is 0. The molecular formula is C30H18Cl2. The summed E-state index contributed by atoms with van der Waals surface area (Å²) in [6, 6.07) is 38.2. The minimum atomic E-state index is 0.747. The Morgan fingerprint density at radius 3 is 1.06 bits per heavy atom. The van der Waals surface area contributed by atoms with Crippen molar-refractivity contribution in [3.8, 4) is 22.3 Å². The van der Waals surface area contributed by atoms with Crippen LogP contribution in [0.5, 0.6) is 0 Å². The van der Waals surface area contributed by atoms with Crippen LogP contribution in [0.15, 0.2) is 109 Å². The lowest BCUT2D eigenvalue weighted by molar-refractivity contribution is 1.65. The molecule has 0 bridgehead atoms. The van der Waals surface area contributed by atoms with Gasteiger partial charge in [0.25, 0.3) is 0 Å². The Kier molecular flexibility index (Phi) is 4.64. The van der Waals surface area contributed by atoms with Crippen LogP contribution in [-0.2, 0) is 0 Å². The van der Waals surface area contributed by atoms with E-state index >= 15 is 0 Å². The quantitative estimate of drug-likeness (QED) is 0.231. The van der Waals surface area contributed by atoms with Gasteiger partial charge in [-0.05, 0) is 91.0 Å². The van der Waals surface area contributed by atoms with Crippen LogP contribution in [0.2, 0.25) is 10.0 Å². The first kappa shape index (κ1) is 19.4. The third-order valence-corrected chi connectivity index (χ3v) is 6.70. The van der Waals surface area contributed by atoms with Crippen molar-refractivity contribution < 1.29 is 0 Å². The van der Waals surface area contributed by atoms with E-state index in [4.69, 9.17) is 23.2 Å². The molecule has 0 aromatic heterocycles. The standard InChI is InChI=1S/C30H18Cl2/c31-21-13-9-19(10-14-21)27-17-30-26-8-4-2-6-24(26)28(20-11-15-22(32)16-12-20)18-29(30)25-7-3-1-5-23(25)27/h1-18H. The maximum atomic E-state index is 6.17. The average molecular weight is 449 g/mol. The molecule has 6 aromatic carbocycles. The largest absolute Gasteiger partial charge is 0.0843 e. The summed E-state index contributed by atoms with van der Waals surface area (Å²) in [6.07, 6.45) is 0. The molecule has 0 fully saturated rings. The topological polar surface area (TPSA) is 0 Å². The summed E-state index contributed by atoms with van der Waals surface area (Å²) in [5.41, 5.74) is 4.76. The molecule has 0 aliphatic carbocycles. The molecule has 0 saturated carbocycles. The van der Waals surface area contributed by atoms with Gasteiger partial charge >= 0.3 is 0 Å². The van der Waals surface area contributed by atoms with E-state index in [1.807, 2.05) is 24.3 Å². The second-order valence-electron chi connectivity index (χ2n) is 8.05. The van der Waals surface area contributed by atoms with E-state index in [1.165, 1.54) is 54.6 Å². The van der Waals surface area contributed by atoms with Gasteiger partial charge in [0.05, 0.1) is 0 Å². The van der Waals surface area contributed by atoms with Crippen LogP contribution in [0.3, 0.4) is 0 Å². The van der Waals surface area contributed by atoms with Gasteiger partial charge in [0.1, 0.15) is 0 Å². The molecule has 0 radical (unpaired) electrons. The average Bonchev–Trinajstić information content (AvgIpc) is 2.84. The van der Waals surface area contributed by atoms with Crippen molar-refractivity contribution in [3.63, 3.8) is 0 Å². The lowest BCUT2D eigenvalue weighted by Crippen LogP contribution is -1.89. The minimum absolute atomic E-state index is 0.747. The molecular weight excluding hydrogens is 431 g/mol. The smallest absolute Gasteiger partial charge is 0.0406 e. The second-order valence-corrected chi connectivity index (χ2v) is 8.92. The number of rotatable bonds is 2. The van der Waals surface area contributed by atoms with Crippen LogP contribution in [0.1, 0.15) is 0 Å². The van der Waals surface area contributed by atoms with Crippen LogP contribution in [0, 0.1) is 0 Å². The molecule has 0 atom stereocenters. The zero-order valence-electron chi connectivity index (χ0n) is 17.1. The SMILES string of the molecule is Clc1ccc(-c2cc3c4ccccc4c(-c4ccc(Cl)cc4)cc3c3ccccc23)cc1. The fourth-order valence-electron chi connectivity index (χ4n) is 4.69. The third kappa shape index (κ3) is 3.15. The Labute approximate surface area is 196 Å². The van der Waals surface area contributed by atoms with Gasteiger partial charge in [-0.2, -0.15) is 0 Å². The first-order valence-corrected chi connectivity index (χ1v) is 11.3. The van der Waals surface area contributed by atoms with E-state index in [0.29, 0.717) is 0 Å². The van der Waals surface area contributed by atoms with Gasteiger partial charge < -0.3 is 0 Å². The van der Waals surface area contributed by atoms with Crippen LogP contribution in [0.4, 0.5) is 0 Å². The molecule has 0 heterocycles. The highest BCUT2D eigenvalue weighted by Gasteiger charge is 2.14. The summed E-state index contributed by atoms with van der Waals surface area (Å²) in [6.45, 7) is 0. The lowest BCUT2D eigenvalue weighted by atomic mass is 9.88. The molecule has 0 unspecified atom stereocenters. The molecule has 32 heavy (non-hydrogen) atoms. The van der Waals surface area contributed by atoms with E-state index in [-0.39, 0.29) is 0 Å². The Bertz CT molecular complexity index is 1490. The van der Waals surface area contributed by atoms with Crippen molar-refractivity contribution in [2.45, 2.75) is 0 Å². The van der Waals surface area contributed by atoms with E-state index in [2.05, 4.69) is 84.9 Å². The van der Waals surface area contributed by atoms with Gasteiger partial charge in [0.15, 0.2) is 0 Å². The van der Waals surface area contributed by atoms with Crippen molar-refractivity contribution in [2.75, 3.05) is 0 Å². The highest BCUT2D eigenvalue weighted by Crippen LogP contribution is 2.41. The highest BCUT2D eigenvalue weighted by molar-refractivity contribution is 6.31. The van der Waals surface area contributed by atoms with E-state index < -0.39 is 0 Å². The Morgan fingerprint density at radius 2 is 0.688 bits per heavy atom. The van der Waals surface area contributed by atoms with Crippen molar-refractivity contribution in [3.05, 3.63) is 119 Å². The first-order valence-electron chi connectivity index (χ1n) is 10.6. The molecule has 6 aromatic rings. The first-order chi connectivity index (χ1) is 15.7. The van der Waals surface area contributed by atoms with Crippen LogP contribution in [-0.4, -0.2) is 0 Å². The number of hydrogen-bond acceptors (Lipinski definition) is 0. The predicted molar refractivity (Wildman–Crippen MR) is 140 cm³/mol. The van der Waals surface area contributed by atoms with Crippen molar-refractivity contribution in [1.82, 2.24) is 0 Å². The molecule has 0 aliphatic heterocycles. The molecule has 152 valence electrons. The summed E-state index contributed by atoms with van der Waals surface area (Å²) >= 11 is 12.3. The minimum Gasteiger partial charge on any atom is -0.0843 e. The molecule has 0 spiro atoms. The van der Waals surface area contributed by atoms with Gasteiger partial charge in [-0.15, -0.1) is 0 Å². The monoisotopic (exact) mass is 448 g/mol. The van der Waals surface area contributed by atoms with Gasteiger partial charge in [-0.3, -0.25) is 0 Å². The Balaban J connectivity index is 1.77. The molecule has 2 heteroatoms. The summed E-state index contributed by atoms with van der Waals surface area (Å²) < 4.78 is 0. The molecule has 0 aliphatic rings. The van der Waals surface area contributed by atoms with Crippen LogP contribution in [0.25, 0.3) is 54.6 Å². The number of benzene rings is 6. The number of hydrogen-bond donors (Lipinski definition) is 0. The fourth-order valence-corrected chi connectivity index (χ4v) is 4.94. The number of halogens is 2. The van der Waals surface area contributed by atoms with Crippen molar-refractivity contribution >= 4 is 55.5 Å². The zero-order chi connectivity index (χ0) is 21.7. The lowest BCUT2D eigenvalue weighted by Gasteiger charge is -2.16. The molecule has 0 amide bonds. The van der Waals surface area contributed by atoms with E-state index in [9.17, 15) is 0 Å². The summed E-state index contributed by atoms with van der Waals surface area (Å²) in [5.74, 6) is 0. The van der Waals surface area contributed by atoms with Crippen LogP contribution < -0.4 is 0 Å². The van der Waals surface area contributed by atoms with Crippen molar-refractivity contribution in [2.24, 2.45) is 0 Å². The molecule has 0 N–H and O–H groups in total. The van der Waals surface area contributed by atoms with Crippen molar-refractivity contribution in [1.29, 1.82) is 0 Å². The van der Waals surface area contributed by atoms with Crippen LogP contribution >= 0.6 is 23.2 Å². The normalized spacial score (nSPS) is 11.4. The maximum Gasteiger partial charge on any atom is 0.0406 e. The molecule has 0 saturated heterocycles. The number of fused-ring (bicyclic) bond motifs is 5. The maximum absolute atomic E-state index is 6.17. The Morgan fingerprint density at radius 1 is 0.344 bits per heavy atom. The molecule has 0 nitrogen and oxygen atoms in total. The highest BCUT2D eigenvalue weighted by atomic mass is 35.5. The van der Waals surface area contributed by atoms with E-state index in [0.717, 1.165) is 10.0 Å². The summed E-state index contributed by atoms with van der Waals surface area (Å²) in [4.78, 5) is 0. The molecule has 6 rings (SSSR count). The van der Waals surface area contributed by atoms with E-state index in [1.54, 1.807) is 0 Å².